The van der Waals surface area contributed by atoms with Crippen molar-refractivity contribution in [3.8, 4) is 0 Å². The molecule has 2 rings (SSSR count). The van der Waals surface area contributed by atoms with E-state index in [1.54, 1.807) is 35.6 Å². The number of carbonyl (C=O) groups is 2. The molecule has 0 radical (unpaired) electrons. The molecule has 5 heteroatoms. The van der Waals surface area contributed by atoms with Gasteiger partial charge in [0.05, 0.1) is 12.2 Å². The zero-order valence-electron chi connectivity index (χ0n) is 12.1. The molecule has 1 heterocycles. The summed E-state index contributed by atoms with van der Waals surface area (Å²) in [6.45, 7) is 2.51. The molecule has 0 spiro atoms. The molecule has 0 aliphatic carbocycles. The summed E-state index contributed by atoms with van der Waals surface area (Å²) in [4.78, 5) is 26.7. The maximum Gasteiger partial charge on any atom is 0.238 e. The zero-order valence-corrected chi connectivity index (χ0v) is 12.9. The van der Waals surface area contributed by atoms with E-state index in [1.165, 1.54) is 11.8 Å². The Labute approximate surface area is 128 Å². The van der Waals surface area contributed by atoms with Crippen LogP contribution in [0.15, 0.2) is 41.8 Å². The quantitative estimate of drug-likeness (QED) is 0.835. The molecule has 1 aromatic heterocycles. The number of nitrogens with one attached hydrogen (secondary N) is 1. The van der Waals surface area contributed by atoms with Crippen molar-refractivity contribution in [3.05, 3.63) is 52.2 Å². The third-order valence-electron chi connectivity index (χ3n) is 3.00. The summed E-state index contributed by atoms with van der Waals surface area (Å²) in [6.07, 6.45) is 0. The molecule has 1 amide bonds. The second kappa shape index (κ2) is 7.15. The number of hydrogen-bond acceptors (Lipinski definition) is 4. The number of likely N-dealkylation sites (N-methyl/N-ethyl adjacent to an activating group) is 1. The van der Waals surface area contributed by atoms with Crippen molar-refractivity contribution < 1.29 is 9.59 Å². The largest absolute Gasteiger partial charge is 0.324 e. The number of rotatable bonds is 6. The number of carbonyl (C=O) groups excluding carboxylic acids is 2. The van der Waals surface area contributed by atoms with Gasteiger partial charge in [0.2, 0.25) is 5.91 Å². The summed E-state index contributed by atoms with van der Waals surface area (Å²) in [5.41, 5.74) is 1.10. The summed E-state index contributed by atoms with van der Waals surface area (Å²) in [5, 5.41) is 4.82. The number of ketones is 1. The second-order valence-electron chi connectivity index (χ2n) is 4.90. The van der Waals surface area contributed by atoms with E-state index >= 15 is 0 Å². The Balaban J connectivity index is 1.94. The van der Waals surface area contributed by atoms with Crippen LogP contribution in [-0.2, 0) is 11.3 Å². The Morgan fingerprint density at radius 3 is 2.62 bits per heavy atom. The molecule has 0 aliphatic heterocycles. The van der Waals surface area contributed by atoms with Gasteiger partial charge < -0.3 is 5.32 Å². The van der Waals surface area contributed by atoms with Crippen molar-refractivity contribution in [2.45, 2.75) is 13.5 Å². The monoisotopic (exact) mass is 302 g/mol. The third kappa shape index (κ3) is 4.51. The van der Waals surface area contributed by atoms with Crippen molar-refractivity contribution in [1.82, 2.24) is 4.90 Å². The molecule has 0 unspecified atom stereocenters. The van der Waals surface area contributed by atoms with Gasteiger partial charge in [-0.3, -0.25) is 14.5 Å². The molecule has 0 saturated heterocycles. The maximum atomic E-state index is 12.1. The van der Waals surface area contributed by atoms with E-state index in [-0.39, 0.29) is 18.2 Å². The minimum atomic E-state index is -0.122. The van der Waals surface area contributed by atoms with Gasteiger partial charge in [0.15, 0.2) is 5.78 Å². The topological polar surface area (TPSA) is 49.4 Å². The maximum absolute atomic E-state index is 12.1. The van der Waals surface area contributed by atoms with Crippen LogP contribution < -0.4 is 5.32 Å². The van der Waals surface area contributed by atoms with Gasteiger partial charge in [-0.15, -0.1) is 11.3 Å². The van der Waals surface area contributed by atoms with Crippen LogP contribution in [0, 0.1) is 0 Å². The van der Waals surface area contributed by atoms with E-state index in [1.807, 2.05) is 29.5 Å². The Morgan fingerprint density at radius 1 is 1.19 bits per heavy atom. The van der Waals surface area contributed by atoms with E-state index in [4.69, 9.17) is 0 Å². The van der Waals surface area contributed by atoms with Gasteiger partial charge in [-0.2, -0.15) is 0 Å². The summed E-state index contributed by atoms with van der Waals surface area (Å²) >= 11 is 1.67. The Kier molecular flexibility index (Phi) is 5.25. The van der Waals surface area contributed by atoms with Crippen LogP contribution in [-0.4, -0.2) is 30.2 Å². The van der Waals surface area contributed by atoms with Crippen molar-refractivity contribution >= 4 is 28.7 Å². The summed E-state index contributed by atoms with van der Waals surface area (Å²) in [7, 11) is 1.90. The lowest BCUT2D eigenvalue weighted by Gasteiger charge is -2.16. The Morgan fingerprint density at radius 2 is 1.95 bits per heavy atom. The molecule has 0 aliphatic rings. The van der Waals surface area contributed by atoms with Crippen LogP contribution in [0.2, 0.25) is 0 Å². The summed E-state index contributed by atoms with van der Waals surface area (Å²) < 4.78 is 0. The highest BCUT2D eigenvalue weighted by atomic mass is 32.1. The lowest BCUT2D eigenvalue weighted by molar-refractivity contribution is -0.117. The highest BCUT2D eigenvalue weighted by Gasteiger charge is 2.11. The van der Waals surface area contributed by atoms with E-state index < -0.39 is 0 Å². The lowest BCUT2D eigenvalue weighted by Crippen LogP contribution is -2.30. The fourth-order valence-electron chi connectivity index (χ4n) is 2.06. The van der Waals surface area contributed by atoms with Gasteiger partial charge >= 0.3 is 0 Å². The number of hydrogen-bond donors (Lipinski definition) is 1. The summed E-state index contributed by atoms with van der Waals surface area (Å²) in [6, 6.07) is 11.1. The first-order valence-corrected chi connectivity index (χ1v) is 7.55. The number of benzene rings is 1. The number of para-hydroxylation sites is 1. The average molecular weight is 302 g/mol. The molecule has 4 nitrogen and oxygen atoms in total. The van der Waals surface area contributed by atoms with Crippen LogP contribution in [0.3, 0.4) is 0 Å². The molecule has 2 aromatic rings. The second-order valence-corrected chi connectivity index (χ2v) is 5.93. The number of amides is 1. The molecule has 110 valence electrons. The normalized spacial score (nSPS) is 10.6. The first kappa shape index (κ1) is 15.4. The fourth-order valence-corrected chi connectivity index (χ4v) is 2.84. The number of anilines is 1. The standard InChI is InChI=1S/C16H18N2O2S/c1-12(19)14-7-3-4-8-15(14)17-16(20)11-18(2)10-13-6-5-9-21-13/h3-9H,10-11H2,1-2H3,(H,17,20). The van der Waals surface area contributed by atoms with Gasteiger partial charge in [0, 0.05) is 17.0 Å². The van der Waals surface area contributed by atoms with Crippen molar-refractivity contribution in [2.75, 3.05) is 18.9 Å². The van der Waals surface area contributed by atoms with Crippen LogP contribution >= 0.6 is 11.3 Å². The molecular weight excluding hydrogens is 284 g/mol. The van der Waals surface area contributed by atoms with Gasteiger partial charge in [-0.1, -0.05) is 18.2 Å². The minimum Gasteiger partial charge on any atom is -0.324 e. The van der Waals surface area contributed by atoms with Gasteiger partial charge in [-0.25, -0.2) is 0 Å². The highest BCUT2D eigenvalue weighted by molar-refractivity contribution is 7.09. The van der Waals surface area contributed by atoms with Gasteiger partial charge in [-0.05, 0) is 37.6 Å². The van der Waals surface area contributed by atoms with E-state index in [0.29, 0.717) is 11.3 Å². The van der Waals surface area contributed by atoms with Crippen molar-refractivity contribution in [3.63, 3.8) is 0 Å². The molecule has 1 N–H and O–H groups in total. The zero-order chi connectivity index (χ0) is 15.2. The molecule has 0 fully saturated rings. The third-order valence-corrected chi connectivity index (χ3v) is 3.86. The number of nitrogens with zero attached hydrogens (tertiary/aromatic N) is 1. The lowest BCUT2D eigenvalue weighted by atomic mass is 10.1. The first-order chi connectivity index (χ1) is 10.1. The molecule has 21 heavy (non-hydrogen) atoms. The van der Waals surface area contributed by atoms with E-state index in [2.05, 4.69) is 5.32 Å². The van der Waals surface area contributed by atoms with Crippen molar-refractivity contribution in [2.24, 2.45) is 0 Å². The minimum absolute atomic E-state index is 0.0576. The molecule has 0 saturated carbocycles. The van der Waals surface area contributed by atoms with E-state index in [9.17, 15) is 9.59 Å². The summed E-state index contributed by atoms with van der Waals surface area (Å²) in [5.74, 6) is -0.180. The molecule has 1 aromatic carbocycles. The first-order valence-electron chi connectivity index (χ1n) is 6.67. The molecule has 0 atom stereocenters. The van der Waals surface area contributed by atoms with E-state index in [0.717, 1.165) is 6.54 Å². The van der Waals surface area contributed by atoms with Crippen molar-refractivity contribution in [1.29, 1.82) is 0 Å². The number of thiophene rings is 1. The predicted molar refractivity (Wildman–Crippen MR) is 85.7 cm³/mol. The van der Waals surface area contributed by atoms with Gasteiger partial charge in [0.25, 0.3) is 0 Å². The van der Waals surface area contributed by atoms with Gasteiger partial charge in [0.1, 0.15) is 0 Å². The fraction of sp³-hybridized carbons (Fsp3) is 0.250. The Bertz CT molecular complexity index is 623. The SMILES string of the molecule is CC(=O)c1ccccc1NC(=O)CN(C)Cc1cccs1. The predicted octanol–water partition coefficient (Wildman–Crippen LogP) is 3.02. The molecule has 0 bridgehead atoms. The Hall–Kier alpha value is -1.98. The smallest absolute Gasteiger partial charge is 0.238 e. The highest BCUT2D eigenvalue weighted by Crippen LogP contribution is 2.16. The average Bonchev–Trinajstić information content (AvgIpc) is 2.91. The number of Topliss-reactive ketones (excluding diaryl/α,β-unsaturated/α-hetero) is 1. The van der Waals surface area contributed by atoms with Crippen LogP contribution in [0.4, 0.5) is 5.69 Å². The van der Waals surface area contributed by atoms with Crippen LogP contribution in [0.25, 0.3) is 0 Å². The van der Waals surface area contributed by atoms with Crippen LogP contribution in [0.1, 0.15) is 22.2 Å². The molecular formula is C16H18N2O2S. The van der Waals surface area contributed by atoms with Crippen LogP contribution in [0.5, 0.6) is 0 Å².